The first kappa shape index (κ1) is 13.1. The number of carbonyl (C=O) groups is 1. The molecule has 1 amide bonds. The van der Waals surface area contributed by atoms with Crippen LogP contribution in [0, 0.1) is 6.92 Å². The molecule has 0 spiro atoms. The number of amides is 1. The van der Waals surface area contributed by atoms with E-state index in [2.05, 4.69) is 26.2 Å². The summed E-state index contributed by atoms with van der Waals surface area (Å²) in [6, 6.07) is 1.80. The van der Waals surface area contributed by atoms with Crippen LogP contribution < -0.4 is 11.1 Å². The number of hydrogen-bond acceptors (Lipinski definition) is 3. The van der Waals surface area contributed by atoms with Gasteiger partial charge in [-0.15, -0.1) is 0 Å². The molecule has 0 aliphatic carbocycles. The van der Waals surface area contributed by atoms with Gasteiger partial charge in [-0.05, 0) is 47.8 Å². The highest BCUT2D eigenvalue weighted by Crippen LogP contribution is 2.18. The Morgan fingerprint density at radius 1 is 1.69 bits per heavy atom. The van der Waals surface area contributed by atoms with Crippen molar-refractivity contribution in [3.05, 3.63) is 22.3 Å². The average Bonchev–Trinajstić information content (AvgIpc) is 2.23. The maximum Gasteiger partial charge on any atom is 0.245 e. The molecular weight excluding hydrogens is 270 g/mol. The third kappa shape index (κ3) is 3.02. The molecule has 0 saturated carbocycles. The smallest absolute Gasteiger partial charge is 0.245 e. The monoisotopic (exact) mass is 285 g/mol. The third-order valence-corrected chi connectivity index (χ3v) is 3.37. The molecule has 0 aliphatic rings. The van der Waals surface area contributed by atoms with Crippen molar-refractivity contribution in [1.82, 2.24) is 4.98 Å². The highest BCUT2D eigenvalue weighted by molar-refractivity contribution is 9.10. The quantitative estimate of drug-likeness (QED) is 0.895. The Kier molecular flexibility index (Phi) is 4.04. The first-order valence-electron chi connectivity index (χ1n) is 5.09. The maximum absolute atomic E-state index is 11.8. The third-order valence-electron chi connectivity index (χ3n) is 2.54. The Bertz CT molecular complexity index is 404. The van der Waals surface area contributed by atoms with Gasteiger partial charge in [-0.1, -0.05) is 6.92 Å². The molecular formula is C11H16BrN3O. The van der Waals surface area contributed by atoms with Crippen LogP contribution >= 0.6 is 15.9 Å². The first-order valence-corrected chi connectivity index (χ1v) is 5.88. The normalized spacial score (nSPS) is 14.3. The number of rotatable bonds is 3. The van der Waals surface area contributed by atoms with Gasteiger partial charge in [0.2, 0.25) is 5.91 Å². The number of halogens is 1. The molecule has 0 fully saturated rings. The number of nitrogens with two attached hydrogens (primary N) is 1. The zero-order valence-corrected chi connectivity index (χ0v) is 11.3. The Morgan fingerprint density at radius 3 is 2.81 bits per heavy atom. The Hall–Kier alpha value is -0.940. The topological polar surface area (TPSA) is 68.0 Å². The first-order chi connectivity index (χ1) is 7.36. The minimum Gasteiger partial charge on any atom is -0.318 e. The van der Waals surface area contributed by atoms with Crippen LogP contribution in [0.4, 0.5) is 5.82 Å². The summed E-state index contributed by atoms with van der Waals surface area (Å²) in [6.07, 6.45) is 2.24. The molecule has 1 unspecified atom stereocenters. The van der Waals surface area contributed by atoms with Gasteiger partial charge in [0.25, 0.3) is 0 Å². The number of hydrogen-bond donors (Lipinski definition) is 2. The molecule has 5 heteroatoms. The van der Waals surface area contributed by atoms with Gasteiger partial charge >= 0.3 is 0 Å². The van der Waals surface area contributed by atoms with Gasteiger partial charge in [0.1, 0.15) is 5.82 Å². The van der Waals surface area contributed by atoms with E-state index in [9.17, 15) is 4.79 Å². The fraction of sp³-hybridized carbons (Fsp3) is 0.455. The van der Waals surface area contributed by atoms with Crippen LogP contribution in [0.2, 0.25) is 0 Å². The van der Waals surface area contributed by atoms with E-state index in [-0.39, 0.29) is 5.91 Å². The number of pyridine rings is 1. The van der Waals surface area contributed by atoms with E-state index in [1.54, 1.807) is 19.2 Å². The minimum atomic E-state index is -0.858. The molecule has 4 nitrogen and oxygen atoms in total. The van der Waals surface area contributed by atoms with Crippen LogP contribution in [-0.2, 0) is 4.79 Å². The van der Waals surface area contributed by atoms with Crippen molar-refractivity contribution in [1.29, 1.82) is 0 Å². The zero-order chi connectivity index (χ0) is 12.3. The van der Waals surface area contributed by atoms with Gasteiger partial charge in [-0.2, -0.15) is 0 Å². The summed E-state index contributed by atoms with van der Waals surface area (Å²) < 4.78 is 0.913. The van der Waals surface area contributed by atoms with Crippen LogP contribution in [0.1, 0.15) is 25.8 Å². The van der Waals surface area contributed by atoms with Crippen LogP contribution in [-0.4, -0.2) is 16.4 Å². The number of aromatic nitrogens is 1. The van der Waals surface area contributed by atoms with Crippen molar-refractivity contribution >= 4 is 27.7 Å². The second kappa shape index (κ2) is 4.93. The second-order valence-corrected chi connectivity index (χ2v) is 4.90. The number of aryl methyl sites for hydroxylation is 1. The van der Waals surface area contributed by atoms with Gasteiger partial charge in [0.15, 0.2) is 0 Å². The Balaban J connectivity index is 2.82. The maximum atomic E-state index is 11.8. The molecule has 1 aromatic heterocycles. The molecule has 1 atom stereocenters. The molecule has 0 aliphatic heterocycles. The minimum absolute atomic E-state index is 0.218. The molecule has 0 aromatic carbocycles. The summed E-state index contributed by atoms with van der Waals surface area (Å²) in [5, 5.41) is 2.71. The number of anilines is 1. The molecule has 0 bridgehead atoms. The van der Waals surface area contributed by atoms with Crippen molar-refractivity contribution in [3.63, 3.8) is 0 Å². The van der Waals surface area contributed by atoms with E-state index in [1.165, 1.54) is 0 Å². The summed E-state index contributed by atoms with van der Waals surface area (Å²) in [5.74, 6) is 0.306. The van der Waals surface area contributed by atoms with Crippen molar-refractivity contribution < 1.29 is 4.79 Å². The molecule has 3 N–H and O–H groups in total. The largest absolute Gasteiger partial charge is 0.318 e. The predicted octanol–water partition coefficient (Wildman–Crippen LogP) is 2.22. The van der Waals surface area contributed by atoms with Crippen molar-refractivity contribution in [2.24, 2.45) is 5.73 Å². The average molecular weight is 286 g/mol. The highest BCUT2D eigenvalue weighted by Gasteiger charge is 2.26. The molecule has 1 heterocycles. The summed E-state index contributed by atoms with van der Waals surface area (Å²) in [6.45, 7) is 5.51. The van der Waals surface area contributed by atoms with Gasteiger partial charge in [0.05, 0.1) is 5.54 Å². The van der Waals surface area contributed by atoms with E-state index >= 15 is 0 Å². The van der Waals surface area contributed by atoms with Gasteiger partial charge in [0, 0.05) is 10.7 Å². The van der Waals surface area contributed by atoms with Crippen molar-refractivity contribution in [2.45, 2.75) is 32.7 Å². The summed E-state index contributed by atoms with van der Waals surface area (Å²) in [4.78, 5) is 15.9. The predicted molar refractivity (Wildman–Crippen MR) is 68.2 cm³/mol. The SMILES string of the molecule is CCC(C)(N)C(=O)Nc1cc(C)c(Br)cn1. The van der Waals surface area contributed by atoms with Crippen LogP contribution in [0.15, 0.2) is 16.7 Å². The Labute approximate surface area is 104 Å². The lowest BCUT2D eigenvalue weighted by atomic mass is 10.00. The molecule has 88 valence electrons. The van der Waals surface area contributed by atoms with Crippen LogP contribution in [0.5, 0.6) is 0 Å². The molecule has 0 saturated heterocycles. The number of carbonyl (C=O) groups excluding carboxylic acids is 1. The standard InChI is InChI=1S/C11H16BrN3O/c1-4-11(3,13)10(16)15-9-5-7(2)8(12)6-14-9/h5-6H,4,13H2,1-3H3,(H,14,15,16). The van der Waals surface area contributed by atoms with Crippen LogP contribution in [0.25, 0.3) is 0 Å². The van der Waals surface area contributed by atoms with Gasteiger partial charge < -0.3 is 11.1 Å². The fourth-order valence-electron chi connectivity index (χ4n) is 1.03. The molecule has 1 aromatic rings. The van der Waals surface area contributed by atoms with Gasteiger partial charge in [-0.25, -0.2) is 4.98 Å². The molecule has 0 radical (unpaired) electrons. The number of nitrogens with one attached hydrogen (secondary N) is 1. The summed E-state index contributed by atoms with van der Waals surface area (Å²) >= 11 is 3.35. The highest BCUT2D eigenvalue weighted by atomic mass is 79.9. The van der Waals surface area contributed by atoms with E-state index in [1.807, 2.05) is 13.8 Å². The Morgan fingerprint density at radius 2 is 2.31 bits per heavy atom. The lowest BCUT2D eigenvalue weighted by molar-refractivity contribution is -0.120. The van der Waals surface area contributed by atoms with E-state index < -0.39 is 5.54 Å². The van der Waals surface area contributed by atoms with Crippen LogP contribution in [0.3, 0.4) is 0 Å². The molecule has 1 rings (SSSR count). The van der Waals surface area contributed by atoms with Gasteiger partial charge in [-0.3, -0.25) is 4.79 Å². The summed E-state index contributed by atoms with van der Waals surface area (Å²) in [5.41, 5.74) is 5.98. The lowest BCUT2D eigenvalue weighted by Gasteiger charge is -2.21. The number of nitrogens with zero attached hydrogens (tertiary/aromatic N) is 1. The van der Waals surface area contributed by atoms with E-state index in [0.717, 1.165) is 10.0 Å². The lowest BCUT2D eigenvalue weighted by Crippen LogP contribution is -2.47. The van der Waals surface area contributed by atoms with E-state index in [0.29, 0.717) is 12.2 Å². The zero-order valence-electron chi connectivity index (χ0n) is 9.67. The van der Waals surface area contributed by atoms with Crippen molar-refractivity contribution in [3.8, 4) is 0 Å². The second-order valence-electron chi connectivity index (χ2n) is 4.04. The summed E-state index contributed by atoms with van der Waals surface area (Å²) in [7, 11) is 0. The van der Waals surface area contributed by atoms with E-state index in [4.69, 9.17) is 5.73 Å². The molecule has 16 heavy (non-hydrogen) atoms. The fourth-order valence-corrected chi connectivity index (χ4v) is 1.24. The van der Waals surface area contributed by atoms with Crippen molar-refractivity contribution in [2.75, 3.05) is 5.32 Å².